The number of benzene rings is 1. The summed E-state index contributed by atoms with van der Waals surface area (Å²) < 4.78 is 26.1. The van der Waals surface area contributed by atoms with Crippen molar-refractivity contribution in [2.75, 3.05) is 18.5 Å². The number of aromatic nitrogens is 1. The summed E-state index contributed by atoms with van der Waals surface area (Å²) in [6.07, 6.45) is 2.58. The molecule has 134 valence electrons. The van der Waals surface area contributed by atoms with Crippen LogP contribution in [0, 0.1) is 0 Å². The van der Waals surface area contributed by atoms with Gasteiger partial charge in [-0.3, -0.25) is 5.43 Å². The average Bonchev–Trinajstić information content (AvgIpc) is 2.60. The molecule has 0 fully saturated rings. The van der Waals surface area contributed by atoms with Gasteiger partial charge in [0.15, 0.2) is 11.5 Å². The van der Waals surface area contributed by atoms with Crippen molar-refractivity contribution >= 4 is 22.1 Å². The van der Waals surface area contributed by atoms with E-state index < -0.39 is 10.0 Å². The maximum atomic E-state index is 12.4. The van der Waals surface area contributed by atoms with Crippen LogP contribution in [0.1, 0.15) is 19.4 Å². The maximum absolute atomic E-state index is 12.4. The van der Waals surface area contributed by atoms with Gasteiger partial charge in [0.2, 0.25) is 10.0 Å². The van der Waals surface area contributed by atoms with Crippen LogP contribution in [0.25, 0.3) is 0 Å². The molecule has 0 unspecified atom stereocenters. The topological polar surface area (TPSA) is 115 Å². The standard InChI is InChI=1S/C16H20N4O4S/c1-3-20(4-2)25(23,24)13-8-9-15(17-11-13)19-18-10-12-6-5-7-14(21)16(12)22/h5-11,21-22H,3-4H2,1-2H3,(H,17,19)/b18-10+. The molecule has 1 aromatic heterocycles. The van der Waals surface area contributed by atoms with Gasteiger partial charge < -0.3 is 10.2 Å². The molecule has 3 N–H and O–H groups in total. The summed E-state index contributed by atoms with van der Waals surface area (Å²) in [4.78, 5) is 4.13. The van der Waals surface area contributed by atoms with Crippen molar-refractivity contribution in [2.45, 2.75) is 18.7 Å². The van der Waals surface area contributed by atoms with E-state index in [1.807, 2.05) is 0 Å². The maximum Gasteiger partial charge on any atom is 0.244 e. The monoisotopic (exact) mass is 364 g/mol. The molecular weight excluding hydrogens is 344 g/mol. The van der Waals surface area contributed by atoms with E-state index >= 15 is 0 Å². The Morgan fingerprint density at radius 2 is 1.92 bits per heavy atom. The molecule has 2 aromatic rings. The zero-order valence-corrected chi connectivity index (χ0v) is 14.7. The van der Waals surface area contributed by atoms with Crippen molar-refractivity contribution < 1.29 is 18.6 Å². The normalized spacial score (nSPS) is 12.0. The van der Waals surface area contributed by atoms with Crippen LogP contribution < -0.4 is 5.43 Å². The number of para-hydroxylation sites is 1. The molecule has 0 aliphatic carbocycles. The second-order valence-corrected chi connectivity index (χ2v) is 6.99. The lowest BCUT2D eigenvalue weighted by molar-refractivity contribution is 0.403. The second-order valence-electron chi connectivity index (χ2n) is 5.05. The minimum Gasteiger partial charge on any atom is -0.504 e. The molecule has 0 saturated heterocycles. The molecule has 0 saturated carbocycles. The fourth-order valence-corrected chi connectivity index (χ4v) is 3.54. The van der Waals surface area contributed by atoms with Gasteiger partial charge in [0.05, 0.1) is 6.21 Å². The summed E-state index contributed by atoms with van der Waals surface area (Å²) in [5.74, 6) is -0.177. The zero-order valence-electron chi connectivity index (χ0n) is 13.9. The Morgan fingerprint density at radius 3 is 2.52 bits per heavy atom. The quantitative estimate of drug-likeness (QED) is 0.393. The van der Waals surface area contributed by atoms with Crippen LogP contribution in [0.2, 0.25) is 0 Å². The molecular formula is C16H20N4O4S. The molecule has 2 rings (SSSR count). The highest BCUT2D eigenvalue weighted by Gasteiger charge is 2.21. The van der Waals surface area contributed by atoms with Gasteiger partial charge in [-0.05, 0) is 24.3 Å². The highest BCUT2D eigenvalue weighted by molar-refractivity contribution is 7.89. The fourth-order valence-electron chi connectivity index (χ4n) is 2.13. The number of hydrogen-bond donors (Lipinski definition) is 3. The van der Waals surface area contributed by atoms with Crippen molar-refractivity contribution in [2.24, 2.45) is 5.10 Å². The first-order valence-electron chi connectivity index (χ1n) is 7.66. The molecule has 8 nitrogen and oxygen atoms in total. The fraction of sp³-hybridized carbons (Fsp3) is 0.250. The van der Waals surface area contributed by atoms with Crippen LogP contribution in [-0.4, -0.2) is 47.2 Å². The van der Waals surface area contributed by atoms with E-state index in [0.717, 1.165) is 0 Å². The van der Waals surface area contributed by atoms with E-state index in [9.17, 15) is 18.6 Å². The van der Waals surface area contributed by atoms with Crippen molar-refractivity contribution in [1.29, 1.82) is 0 Å². The van der Waals surface area contributed by atoms with E-state index in [1.165, 1.54) is 34.9 Å². The summed E-state index contributed by atoms with van der Waals surface area (Å²) in [5, 5.41) is 23.0. The van der Waals surface area contributed by atoms with Crippen LogP contribution in [0.15, 0.2) is 46.5 Å². The molecule has 25 heavy (non-hydrogen) atoms. The van der Waals surface area contributed by atoms with Crippen LogP contribution in [0.3, 0.4) is 0 Å². The molecule has 0 spiro atoms. The summed E-state index contributed by atoms with van der Waals surface area (Å²) in [7, 11) is -3.55. The molecule has 9 heteroatoms. The minimum absolute atomic E-state index is 0.108. The lowest BCUT2D eigenvalue weighted by Crippen LogP contribution is -2.30. The smallest absolute Gasteiger partial charge is 0.244 e. The Bertz CT molecular complexity index is 847. The minimum atomic E-state index is -3.55. The SMILES string of the molecule is CCN(CC)S(=O)(=O)c1ccc(N/N=C/c2cccc(O)c2O)nc1. The molecule has 1 heterocycles. The summed E-state index contributed by atoms with van der Waals surface area (Å²) in [6, 6.07) is 7.45. The third kappa shape index (κ3) is 4.25. The summed E-state index contributed by atoms with van der Waals surface area (Å²) in [5.41, 5.74) is 2.96. The third-order valence-corrected chi connectivity index (χ3v) is 5.54. The number of phenolic OH excluding ortho intramolecular Hbond substituents is 2. The largest absolute Gasteiger partial charge is 0.504 e. The van der Waals surface area contributed by atoms with E-state index in [-0.39, 0.29) is 16.4 Å². The van der Waals surface area contributed by atoms with Gasteiger partial charge in [0, 0.05) is 24.8 Å². The van der Waals surface area contributed by atoms with Crippen molar-refractivity contribution in [3.8, 4) is 11.5 Å². The van der Waals surface area contributed by atoms with Crippen LogP contribution in [0.5, 0.6) is 11.5 Å². The number of rotatable bonds is 7. The zero-order chi connectivity index (χ0) is 18.4. The Kier molecular flexibility index (Phi) is 5.94. The van der Waals surface area contributed by atoms with E-state index in [0.29, 0.717) is 24.5 Å². The number of sulfonamides is 1. The number of anilines is 1. The van der Waals surface area contributed by atoms with E-state index in [4.69, 9.17) is 0 Å². The van der Waals surface area contributed by atoms with Gasteiger partial charge in [0.25, 0.3) is 0 Å². The molecule has 0 aliphatic rings. The first-order valence-corrected chi connectivity index (χ1v) is 9.10. The molecule has 1 aromatic carbocycles. The van der Waals surface area contributed by atoms with Gasteiger partial charge in [0.1, 0.15) is 10.7 Å². The lowest BCUT2D eigenvalue weighted by Gasteiger charge is -2.18. The Hall–Kier alpha value is -2.65. The van der Waals surface area contributed by atoms with Gasteiger partial charge in [-0.1, -0.05) is 19.9 Å². The summed E-state index contributed by atoms with van der Waals surface area (Å²) in [6.45, 7) is 4.32. The Labute approximate surface area is 146 Å². The van der Waals surface area contributed by atoms with E-state index in [1.54, 1.807) is 26.0 Å². The second kappa shape index (κ2) is 7.95. The number of hydrazone groups is 1. The highest BCUT2D eigenvalue weighted by Crippen LogP contribution is 2.26. The van der Waals surface area contributed by atoms with Crippen molar-refractivity contribution in [3.63, 3.8) is 0 Å². The van der Waals surface area contributed by atoms with Crippen molar-refractivity contribution in [1.82, 2.24) is 9.29 Å². The lowest BCUT2D eigenvalue weighted by atomic mass is 10.2. The highest BCUT2D eigenvalue weighted by atomic mass is 32.2. The van der Waals surface area contributed by atoms with Crippen LogP contribution >= 0.6 is 0 Å². The molecule has 0 bridgehead atoms. The predicted molar refractivity (Wildman–Crippen MR) is 95.3 cm³/mol. The van der Waals surface area contributed by atoms with Crippen LogP contribution in [0.4, 0.5) is 5.82 Å². The number of phenols is 2. The molecule has 0 atom stereocenters. The number of hydrogen-bond acceptors (Lipinski definition) is 7. The summed E-state index contributed by atoms with van der Waals surface area (Å²) >= 11 is 0. The number of nitrogens with zero attached hydrogens (tertiary/aromatic N) is 3. The number of pyridine rings is 1. The van der Waals surface area contributed by atoms with Gasteiger partial charge in [-0.25, -0.2) is 13.4 Å². The van der Waals surface area contributed by atoms with Crippen molar-refractivity contribution in [3.05, 3.63) is 42.1 Å². The van der Waals surface area contributed by atoms with E-state index in [2.05, 4.69) is 15.5 Å². The first-order chi connectivity index (χ1) is 11.9. The first kappa shape index (κ1) is 18.7. The Morgan fingerprint density at radius 1 is 1.20 bits per heavy atom. The number of aromatic hydroxyl groups is 2. The average molecular weight is 364 g/mol. The molecule has 0 radical (unpaired) electrons. The molecule has 0 aliphatic heterocycles. The molecule has 0 amide bonds. The predicted octanol–water partition coefficient (Wildman–Crippen LogP) is 1.97. The Balaban J connectivity index is 2.11. The number of nitrogens with one attached hydrogen (secondary N) is 1. The van der Waals surface area contributed by atoms with Gasteiger partial charge in [-0.15, -0.1) is 0 Å². The van der Waals surface area contributed by atoms with Crippen LogP contribution in [-0.2, 0) is 10.0 Å². The van der Waals surface area contributed by atoms with Gasteiger partial charge >= 0.3 is 0 Å². The van der Waals surface area contributed by atoms with Gasteiger partial charge in [-0.2, -0.15) is 9.41 Å². The third-order valence-electron chi connectivity index (χ3n) is 3.51.